The number of alkyl halides is 3. The van der Waals surface area contributed by atoms with E-state index < -0.39 is 36.6 Å². The summed E-state index contributed by atoms with van der Waals surface area (Å²) in [7, 11) is 0. The quantitative estimate of drug-likeness (QED) is 0.863. The molecule has 0 aromatic heterocycles. The van der Waals surface area contributed by atoms with Gasteiger partial charge >= 0.3 is 6.18 Å². The van der Waals surface area contributed by atoms with Crippen molar-refractivity contribution < 1.29 is 22.8 Å². The van der Waals surface area contributed by atoms with Crippen molar-refractivity contribution in [3.05, 3.63) is 0 Å². The number of nitrogens with zero attached hydrogens (tertiary/aromatic N) is 1. The lowest BCUT2D eigenvalue weighted by Crippen LogP contribution is -2.66. The minimum Gasteiger partial charge on any atom is -0.342 e. The smallest absolute Gasteiger partial charge is 0.342 e. The number of carbonyl (C=O) groups excluding carboxylic acids is 2. The molecular formula is C13H21F3N2O2. The van der Waals surface area contributed by atoms with Crippen molar-refractivity contribution in [1.82, 2.24) is 10.2 Å². The maximum Gasteiger partial charge on any atom is 0.391 e. The zero-order valence-corrected chi connectivity index (χ0v) is 12.1. The van der Waals surface area contributed by atoms with E-state index in [4.69, 9.17) is 0 Å². The molecule has 1 heterocycles. The molecule has 0 spiro atoms. The lowest BCUT2D eigenvalue weighted by atomic mass is 9.95. The molecule has 3 atom stereocenters. The second kappa shape index (κ2) is 6.01. The molecule has 0 aromatic carbocycles. The number of amides is 2. The molecular weight excluding hydrogens is 273 g/mol. The van der Waals surface area contributed by atoms with E-state index in [1.807, 2.05) is 0 Å². The Labute approximate surface area is 116 Å². The van der Waals surface area contributed by atoms with Gasteiger partial charge < -0.3 is 10.2 Å². The first-order valence-corrected chi connectivity index (χ1v) is 6.77. The van der Waals surface area contributed by atoms with Gasteiger partial charge in [0.15, 0.2) is 0 Å². The molecule has 1 saturated heterocycles. The first-order valence-electron chi connectivity index (χ1n) is 6.77. The van der Waals surface area contributed by atoms with E-state index in [9.17, 15) is 22.8 Å². The van der Waals surface area contributed by atoms with E-state index >= 15 is 0 Å². The third-order valence-electron chi connectivity index (χ3n) is 3.51. The Morgan fingerprint density at radius 2 is 1.80 bits per heavy atom. The lowest BCUT2D eigenvalue weighted by molar-refractivity contribution is -0.166. The highest BCUT2D eigenvalue weighted by Crippen LogP contribution is 2.28. The van der Waals surface area contributed by atoms with Crippen molar-refractivity contribution in [2.24, 2.45) is 5.92 Å². The van der Waals surface area contributed by atoms with Crippen LogP contribution in [0.4, 0.5) is 13.2 Å². The Kier molecular flexibility index (Phi) is 5.05. The minimum atomic E-state index is -4.36. The van der Waals surface area contributed by atoms with E-state index in [0.29, 0.717) is 6.42 Å². The van der Waals surface area contributed by atoms with Gasteiger partial charge in [-0.3, -0.25) is 9.59 Å². The highest BCUT2D eigenvalue weighted by molar-refractivity contribution is 5.97. The lowest BCUT2D eigenvalue weighted by Gasteiger charge is -2.43. The van der Waals surface area contributed by atoms with Crippen molar-refractivity contribution in [3.63, 3.8) is 0 Å². The van der Waals surface area contributed by atoms with Gasteiger partial charge in [0.1, 0.15) is 12.1 Å². The predicted octanol–water partition coefficient (Wildman–Crippen LogP) is 2.09. The molecule has 2 amide bonds. The predicted molar refractivity (Wildman–Crippen MR) is 67.8 cm³/mol. The summed E-state index contributed by atoms with van der Waals surface area (Å²) < 4.78 is 37.6. The summed E-state index contributed by atoms with van der Waals surface area (Å²) in [5.74, 6) is -0.965. The molecule has 7 heteroatoms. The molecule has 4 nitrogen and oxygen atoms in total. The number of nitrogens with one attached hydrogen (secondary N) is 1. The summed E-state index contributed by atoms with van der Waals surface area (Å²) >= 11 is 0. The van der Waals surface area contributed by atoms with Crippen LogP contribution in [-0.4, -0.2) is 41.0 Å². The molecule has 0 saturated carbocycles. The largest absolute Gasteiger partial charge is 0.391 e. The van der Waals surface area contributed by atoms with Gasteiger partial charge in [-0.25, -0.2) is 0 Å². The summed E-state index contributed by atoms with van der Waals surface area (Å²) in [6.07, 6.45) is -5.17. The van der Waals surface area contributed by atoms with Gasteiger partial charge in [-0.2, -0.15) is 13.2 Å². The SMILES string of the molecule is CCC1C(=O)NC(C(C)C)C(=O)N1C(C)CC(F)(F)F. The summed E-state index contributed by atoms with van der Waals surface area (Å²) in [5, 5.41) is 2.60. The number of hydrogen-bond donors (Lipinski definition) is 1. The monoisotopic (exact) mass is 294 g/mol. The molecule has 0 radical (unpaired) electrons. The Morgan fingerprint density at radius 1 is 1.25 bits per heavy atom. The summed E-state index contributed by atoms with van der Waals surface area (Å²) in [6.45, 7) is 6.52. The highest BCUT2D eigenvalue weighted by atomic mass is 19.4. The first-order chi connectivity index (χ1) is 9.08. The number of piperazine rings is 1. The van der Waals surface area contributed by atoms with E-state index in [2.05, 4.69) is 5.32 Å². The van der Waals surface area contributed by atoms with E-state index in [1.54, 1.807) is 20.8 Å². The molecule has 0 aromatic rings. The summed E-state index contributed by atoms with van der Waals surface area (Å²) in [5.41, 5.74) is 0. The van der Waals surface area contributed by atoms with Gasteiger partial charge in [0.25, 0.3) is 0 Å². The zero-order chi connectivity index (χ0) is 15.7. The van der Waals surface area contributed by atoms with Crippen LogP contribution in [0.15, 0.2) is 0 Å². The normalized spacial score (nSPS) is 25.9. The van der Waals surface area contributed by atoms with Gasteiger partial charge in [0.05, 0.1) is 6.42 Å². The molecule has 116 valence electrons. The van der Waals surface area contributed by atoms with Gasteiger partial charge in [-0.1, -0.05) is 20.8 Å². The molecule has 20 heavy (non-hydrogen) atoms. The molecule has 1 aliphatic rings. The Morgan fingerprint density at radius 3 is 2.20 bits per heavy atom. The Hall–Kier alpha value is -1.27. The number of rotatable bonds is 4. The van der Waals surface area contributed by atoms with Crippen molar-refractivity contribution in [2.75, 3.05) is 0 Å². The fraction of sp³-hybridized carbons (Fsp3) is 0.846. The third-order valence-corrected chi connectivity index (χ3v) is 3.51. The standard InChI is InChI=1S/C13H21F3N2O2/c1-5-9-11(19)17-10(7(2)3)12(20)18(9)8(4)6-13(14,15)16/h7-10H,5-6H2,1-4H3,(H,17,19). The fourth-order valence-electron chi connectivity index (χ4n) is 2.54. The highest BCUT2D eigenvalue weighted by Gasteiger charge is 2.45. The van der Waals surface area contributed by atoms with Crippen molar-refractivity contribution >= 4 is 11.8 Å². The molecule has 3 unspecified atom stereocenters. The number of halogens is 3. The summed E-state index contributed by atoms with van der Waals surface area (Å²) in [6, 6.07) is -2.62. The van der Waals surface area contributed by atoms with Crippen molar-refractivity contribution in [2.45, 2.75) is 64.8 Å². The number of hydrogen-bond acceptors (Lipinski definition) is 2. The van der Waals surface area contributed by atoms with Crippen molar-refractivity contribution in [1.29, 1.82) is 0 Å². The molecule has 0 aliphatic carbocycles. The van der Waals surface area contributed by atoms with Crippen LogP contribution < -0.4 is 5.32 Å². The zero-order valence-electron chi connectivity index (χ0n) is 12.1. The van der Waals surface area contributed by atoms with E-state index in [-0.39, 0.29) is 11.8 Å². The van der Waals surface area contributed by atoms with Crippen LogP contribution >= 0.6 is 0 Å². The number of carbonyl (C=O) groups is 2. The third kappa shape index (κ3) is 3.64. The maximum atomic E-state index is 12.5. The Bertz CT molecular complexity index is 382. The van der Waals surface area contributed by atoms with Gasteiger partial charge in [0.2, 0.25) is 11.8 Å². The van der Waals surface area contributed by atoms with Crippen LogP contribution in [0.3, 0.4) is 0 Å². The summed E-state index contributed by atoms with van der Waals surface area (Å²) in [4.78, 5) is 25.4. The second-order valence-electron chi connectivity index (χ2n) is 5.57. The van der Waals surface area contributed by atoms with Crippen molar-refractivity contribution in [3.8, 4) is 0 Å². The molecule has 0 bridgehead atoms. The molecule has 1 fully saturated rings. The van der Waals surface area contributed by atoms with Crippen LogP contribution in [0.1, 0.15) is 40.5 Å². The van der Waals surface area contributed by atoms with Crippen LogP contribution in [0.25, 0.3) is 0 Å². The van der Waals surface area contributed by atoms with Crippen LogP contribution in [-0.2, 0) is 9.59 Å². The minimum absolute atomic E-state index is 0.162. The molecule has 1 N–H and O–H groups in total. The second-order valence-corrected chi connectivity index (χ2v) is 5.57. The van der Waals surface area contributed by atoms with Gasteiger partial charge in [-0.15, -0.1) is 0 Å². The van der Waals surface area contributed by atoms with E-state index in [1.165, 1.54) is 6.92 Å². The van der Waals surface area contributed by atoms with Crippen LogP contribution in [0, 0.1) is 5.92 Å². The molecule has 1 aliphatic heterocycles. The first kappa shape index (κ1) is 16.8. The Balaban J connectivity index is 3.02. The average Bonchev–Trinajstić information content (AvgIpc) is 2.28. The van der Waals surface area contributed by atoms with Gasteiger partial charge in [-0.05, 0) is 19.3 Å². The van der Waals surface area contributed by atoms with Crippen LogP contribution in [0.5, 0.6) is 0 Å². The van der Waals surface area contributed by atoms with Gasteiger partial charge in [0, 0.05) is 6.04 Å². The van der Waals surface area contributed by atoms with Crippen LogP contribution in [0.2, 0.25) is 0 Å². The van der Waals surface area contributed by atoms with E-state index in [0.717, 1.165) is 4.90 Å². The fourth-order valence-corrected chi connectivity index (χ4v) is 2.54. The molecule has 1 rings (SSSR count). The topological polar surface area (TPSA) is 49.4 Å². The maximum absolute atomic E-state index is 12.5. The average molecular weight is 294 g/mol.